The van der Waals surface area contributed by atoms with Gasteiger partial charge in [0.1, 0.15) is 12.6 Å². The standard InChI is InChI=1S/C27H29N3O5/c1-2-15-28-26(33)29-23-10-6-9-22(17-23)21-13-11-19(12-14-21)16-24(25(31)32)30-27(34)35-18-20-7-4-3-5-8-20/h3-14,17,24H,2,15-16,18H2,1H3,(H,30,34)(H,31,32)(H2,28,29,33)/t24-/m0/s1. The van der Waals surface area contributed by atoms with E-state index in [4.69, 9.17) is 4.74 Å². The second kappa shape index (κ2) is 12.8. The Labute approximate surface area is 204 Å². The number of urea groups is 1. The van der Waals surface area contributed by atoms with Crippen molar-refractivity contribution in [3.8, 4) is 11.1 Å². The Morgan fingerprint density at radius 3 is 2.31 bits per heavy atom. The number of amides is 3. The van der Waals surface area contributed by atoms with E-state index in [1.54, 1.807) is 0 Å². The van der Waals surface area contributed by atoms with Gasteiger partial charge < -0.3 is 25.8 Å². The zero-order valence-electron chi connectivity index (χ0n) is 19.5. The van der Waals surface area contributed by atoms with Gasteiger partial charge in [0.15, 0.2) is 0 Å². The van der Waals surface area contributed by atoms with Gasteiger partial charge in [-0.05, 0) is 40.8 Å². The van der Waals surface area contributed by atoms with Crippen LogP contribution in [0.1, 0.15) is 24.5 Å². The van der Waals surface area contributed by atoms with Crippen LogP contribution in [0.5, 0.6) is 0 Å². The number of carbonyl (C=O) groups excluding carboxylic acids is 2. The number of hydrogen-bond acceptors (Lipinski definition) is 4. The molecule has 0 bridgehead atoms. The summed E-state index contributed by atoms with van der Waals surface area (Å²) in [6.07, 6.45) is 0.174. The quantitative estimate of drug-likeness (QED) is 0.336. The Kier molecular flexibility index (Phi) is 9.24. The molecule has 0 spiro atoms. The van der Waals surface area contributed by atoms with Crippen molar-refractivity contribution in [1.82, 2.24) is 10.6 Å². The van der Waals surface area contributed by atoms with E-state index in [0.29, 0.717) is 12.2 Å². The Balaban J connectivity index is 1.59. The molecule has 8 heteroatoms. The second-order valence-corrected chi connectivity index (χ2v) is 7.96. The zero-order valence-corrected chi connectivity index (χ0v) is 19.5. The molecule has 0 saturated heterocycles. The number of ether oxygens (including phenoxy) is 1. The molecule has 3 aromatic rings. The van der Waals surface area contributed by atoms with Crippen molar-refractivity contribution < 1.29 is 24.2 Å². The summed E-state index contributed by atoms with van der Waals surface area (Å²) in [5.74, 6) is -1.15. The van der Waals surface area contributed by atoms with Crippen molar-refractivity contribution >= 4 is 23.8 Å². The summed E-state index contributed by atoms with van der Waals surface area (Å²) in [5, 5.41) is 17.5. The summed E-state index contributed by atoms with van der Waals surface area (Å²) in [6, 6.07) is 22.6. The van der Waals surface area contributed by atoms with Crippen LogP contribution < -0.4 is 16.0 Å². The van der Waals surface area contributed by atoms with Gasteiger partial charge in [-0.15, -0.1) is 0 Å². The van der Waals surface area contributed by atoms with Gasteiger partial charge in [-0.2, -0.15) is 0 Å². The van der Waals surface area contributed by atoms with Gasteiger partial charge in [0.2, 0.25) is 0 Å². The summed E-state index contributed by atoms with van der Waals surface area (Å²) < 4.78 is 5.14. The van der Waals surface area contributed by atoms with Crippen LogP contribution >= 0.6 is 0 Å². The van der Waals surface area contributed by atoms with E-state index >= 15 is 0 Å². The molecule has 0 aromatic heterocycles. The van der Waals surface area contributed by atoms with Crippen molar-refractivity contribution in [3.05, 3.63) is 90.0 Å². The predicted molar refractivity (Wildman–Crippen MR) is 134 cm³/mol. The molecule has 0 saturated carbocycles. The van der Waals surface area contributed by atoms with E-state index in [9.17, 15) is 19.5 Å². The molecule has 3 amide bonds. The number of anilines is 1. The summed E-state index contributed by atoms with van der Waals surface area (Å²) in [6.45, 7) is 2.64. The summed E-state index contributed by atoms with van der Waals surface area (Å²) in [7, 11) is 0. The molecule has 0 aliphatic rings. The van der Waals surface area contributed by atoms with Gasteiger partial charge in [-0.25, -0.2) is 14.4 Å². The molecule has 3 rings (SSSR count). The third-order valence-corrected chi connectivity index (χ3v) is 5.19. The predicted octanol–water partition coefficient (Wildman–Crippen LogP) is 4.81. The number of nitrogens with one attached hydrogen (secondary N) is 3. The molecule has 4 N–H and O–H groups in total. The highest BCUT2D eigenvalue weighted by Crippen LogP contribution is 2.23. The van der Waals surface area contributed by atoms with Gasteiger partial charge >= 0.3 is 18.1 Å². The van der Waals surface area contributed by atoms with E-state index in [0.717, 1.165) is 28.7 Å². The molecule has 0 radical (unpaired) electrons. The van der Waals surface area contributed by atoms with Crippen LogP contribution in [0.4, 0.5) is 15.3 Å². The first-order chi connectivity index (χ1) is 16.9. The van der Waals surface area contributed by atoms with E-state index in [1.165, 1.54) is 0 Å². The van der Waals surface area contributed by atoms with Crippen LogP contribution in [0.3, 0.4) is 0 Å². The van der Waals surface area contributed by atoms with E-state index in [2.05, 4.69) is 16.0 Å². The van der Waals surface area contributed by atoms with Crippen molar-refractivity contribution in [1.29, 1.82) is 0 Å². The maximum atomic E-state index is 12.1. The number of alkyl carbamates (subject to hydrolysis) is 1. The van der Waals surface area contributed by atoms with Crippen LogP contribution in [-0.4, -0.2) is 35.8 Å². The van der Waals surface area contributed by atoms with Gasteiger partial charge in [-0.1, -0.05) is 73.7 Å². The first-order valence-corrected chi connectivity index (χ1v) is 11.4. The molecular formula is C27H29N3O5. The molecule has 1 atom stereocenters. The number of carboxylic acids is 1. The van der Waals surface area contributed by atoms with Gasteiger partial charge in [-0.3, -0.25) is 0 Å². The lowest BCUT2D eigenvalue weighted by atomic mass is 10.0. The lowest BCUT2D eigenvalue weighted by Crippen LogP contribution is -2.42. The SMILES string of the molecule is CCCNC(=O)Nc1cccc(-c2ccc(C[C@H](NC(=O)OCc3ccccc3)C(=O)O)cc2)c1. The fraction of sp³-hybridized carbons (Fsp3) is 0.222. The first kappa shape index (κ1) is 25.3. The van der Waals surface area contributed by atoms with Crippen molar-refractivity contribution in [2.75, 3.05) is 11.9 Å². The molecule has 0 unspecified atom stereocenters. The molecule has 0 heterocycles. The molecule has 182 valence electrons. The normalized spacial score (nSPS) is 11.2. The minimum atomic E-state index is -1.15. The topological polar surface area (TPSA) is 117 Å². The van der Waals surface area contributed by atoms with E-state index in [1.807, 2.05) is 85.8 Å². The van der Waals surface area contributed by atoms with Gasteiger partial charge in [0.25, 0.3) is 0 Å². The highest BCUT2D eigenvalue weighted by atomic mass is 16.5. The zero-order chi connectivity index (χ0) is 25.0. The number of rotatable bonds is 10. The fourth-order valence-corrected chi connectivity index (χ4v) is 3.37. The highest BCUT2D eigenvalue weighted by molar-refractivity contribution is 5.90. The van der Waals surface area contributed by atoms with E-state index < -0.39 is 18.1 Å². The fourth-order valence-electron chi connectivity index (χ4n) is 3.37. The van der Waals surface area contributed by atoms with Crippen LogP contribution in [0.15, 0.2) is 78.9 Å². The van der Waals surface area contributed by atoms with Gasteiger partial charge in [0, 0.05) is 18.7 Å². The van der Waals surface area contributed by atoms with Crippen molar-refractivity contribution in [2.45, 2.75) is 32.4 Å². The largest absolute Gasteiger partial charge is 0.480 e. The maximum Gasteiger partial charge on any atom is 0.408 e. The number of carbonyl (C=O) groups is 3. The monoisotopic (exact) mass is 475 g/mol. The molecule has 8 nitrogen and oxygen atoms in total. The minimum Gasteiger partial charge on any atom is -0.480 e. The number of carboxylic acid groups (broad SMARTS) is 1. The molecule has 0 aliphatic heterocycles. The Morgan fingerprint density at radius 2 is 1.63 bits per heavy atom. The van der Waals surface area contributed by atoms with Crippen LogP contribution in [0.25, 0.3) is 11.1 Å². The molecule has 35 heavy (non-hydrogen) atoms. The average Bonchev–Trinajstić information content (AvgIpc) is 2.87. The third kappa shape index (κ3) is 8.19. The third-order valence-electron chi connectivity index (χ3n) is 5.19. The summed E-state index contributed by atoms with van der Waals surface area (Å²) in [4.78, 5) is 35.7. The Bertz CT molecular complexity index is 1130. The Morgan fingerprint density at radius 1 is 0.886 bits per heavy atom. The number of benzene rings is 3. The molecule has 0 aliphatic carbocycles. The van der Waals surface area contributed by atoms with Crippen molar-refractivity contribution in [2.24, 2.45) is 0 Å². The molecule has 0 fully saturated rings. The average molecular weight is 476 g/mol. The van der Waals surface area contributed by atoms with Crippen LogP contribution in [-0.2, 0) is 22.6 Å². The lowest BCUT2D eigenvalue weighted by Gasteiger charge is -2.15. The molecular weight excluding hydrogens is 446 g/mol. The second-order valence-electron chi connectivity index (χ2n) is 7.96. The first-order valence-electron chi connectivity index (χ1n) is 11.4. The Hall–Kier alpha value is -4.33. The summed E-state index contributed by atoms with van der Waals surface area (Å²) >= 11 is 0. The maximum absolute atomic E-state index is 12.1. The number of hydrogen-bond donors (Lipinski definition) is 4. The minimum absolute atomic E-state index is 0.0574. The van der Waals surface area contributed by atoms with Crippen molar-refractivity contribution in [3.63, 3.8) is 0 Å². The van der Waals surface area contributed by atoms with Gasteiger partial charge in [0.05, 0.1) is 0 Å². The van der Waals surface area contributed by atoms with Crippen LogP contribution in [0.2, 0.25) is 0 Å². The summed E-state index contributed by atoms with van der Waals surface area (Å²) in [5.41, 5.74) is 4.05. The highest BCUT2D eigenvalue weighted by Gasteiger charge is 2.21. The van der Waals surface area contributed by atoms with E-state index in [-0.39, 0.29) is 19.1 Å². The molecule has 3 aromatic carbocycles. The lowest BCUT2D eigenvalue weighted by molar-refractivity contribution is -0.139. The number of aliphatic carboxylic acids is 1. The smallest absolute Gasteiger partial charge is 0.408 e. The van der Waals surface area contributed by atoms with Crippen LogP contribution in [0, 0.1) is 0 Å².